The van der Waals surface area contributed by atoms with Crippen LogP contribution in [0.1, 0.15) is 64.4 Å². The van der Waals surface area contributed by atoms with Gasteiger partial charge in [-0.05, 0) is 65.5 Å². The monoisotopic (exact) mass is 347 g/mol. The molecule has 1 aromatic rings. The van der Waals surface area contributed by atoms with Crippen molar-refractivity contribution in [2.75, 3.05) is 24.7 Å². The van der Waals surface area contributed by atoms with E-state index in [4.69, 9.17) is 0 Å². The summed E-state index contributed by atoms with van der Waals surface area (Å²) in [5.74, 6) is 10.6. The van der Waals surface area contributed by atoms with Gasteiger partial charge in [0.1, 0.15) is 0 Å². The van der Waals surface area contributed by atoms with Crippen molar-refractivity contribution in [1.29, 1.82) is 0 Å². The van der Waals surface area contributed by atoms with Crippen LogP contribution in [0.5, 0.6) is 0 Å². The fraction of sp³-hybridized carbons (Fsp3) is 0.636. The van der Waals surface area contributed by atoms with E-state index in [0.717, 1.165) is 0 Å². The Balaban J connectivity index is 2.39. The highest BCUT2D eigenvalue weighted by Crippen LogP contribution is 2.50. The lowest BCUT2D eigenvalue weighted by Gasteiger charge is -2.35. The Bertz CT molecular complexity index is 632. The van der Waals surface area contributed by atoms with E-state index in [1.54, 1.807) is 0 Å². The Morgan fingerprint density at radius 1 is 1.08 bits per heavy atom. The van der Waals surface area contributed by atoms with Crippen molar-refractivity contribution in [3.63, 3.8) is 0 Å². The van der Waals surface area contributed by atoms with Crippen LogP contribution in [0.2, 0.25) is 0 Å². The average Bonchev–Trinajstić information content (AvgIpc) is 2.65. The fourth-order valence-electron chi connectivity index (χ4n) is 4.22. The Hall–Kier alpha value is -0.890. The van der Waals surface area contributed by atoms with Gasteiger partial charge in [0, 0.05) is 19.8 Å². The fourth-order valence-corrected chi connectivity index (χ4v) is 7.06. The molecule has 0 aliphatic carbocycles. The number of benzene rings is 1. The number of fused-ring (bicyclic) bond motifs is 1. The SMILES string of the molecule is C=S1(=C)CC(CCCC)(CCCC)CCc2cc(N(C)C)ccc21. The van der Waals surface area contributed by atoms with Crippen LogP contribution in [-0.2, 0) is 6.42 Å². The van der Waals surface area contributed by atoms with Gasteiger partial charge in [0.15, 0.2) is 0 Å². The zero-order chi connectivity index (χ0) is 17.8. The topological polar surface area (TPSA) is 3.24 Å². The van der Waals surface area contributed by atoms with E-state index in [0.29, 0.717) is 5.41 Å². The molecule has 0 radical (unpaired) electrons. The molecule has 0 amide bonds. The van der Waals surface area contributed by atoms with Crippen LogP contribution in [0.15, 0.2) is 23.1 Å². The molecule has 0 unspecified atom stereocenters. The maximum Gasteiger partial charge on any atom is 0.0364 e. The van der Waals surface area contributed by atoms with Crippen molar-refractivity contribution in [3.05, 3.63) is 23.8 Å². The summed E-state index contributed by atoms with van der Waals surface area (Å²) in [7, 11) is 3.04. The van der Waals surface area contributed by atoms with E-state index in [2.05, 4.69) is 62.8 Å². The van der Waals surface area contributed by atoms with E-state index in [9.17, 15) is 0 Å². The summed E-state index contributed by atoms with van der Waals surface area (Å²) < 4.78 is 0. The summed E-state index contributed by atoms with van der Waals surface area (Å²) >= 11 is 0. The van der Waals surface area contributed by atoms with Crippen molar-refractivity contribution in [3.8, 4) is 0 Å². The first-order chi connectivity index (χ1) is 11.3. The summed E-state index contributed by atoms with van der Waals surface area (Å²) in [6.45, 7) is 4.63. The molecule has 0 N–H and O–H groups in total. The predicted molar refractivity (Wildman–Crippen MR) is 116 cm³/mol. The highest BCUT2D eigenvalue weighted by atomic mass is 32.2. The van der Waals surface area contributed by atoms with Gasteiger partial charge in [-0.15, -0.1) is 0 Å². The molecule has 2 rings (SSSR count). The maximum atomic E-state index is 4.68. The van der Waals surface area contributed by atoms with Crippen molar-refractivity contribution < 1.29 is 0 Å². The summed E-state index contributed by atoms with van der Waals surface area (Å²) in [6.07, 6.45) is 10.5. The first-order valence-corrected chi connectivity index (χ1v) is 11.7. The van der Waals surface area contributed by atoms with Gasteiger partial charge in [-0.25, -0.2) is 0 Å². The number of hydrogen-bond acceptors (Lipinski definition) is 1. The highest BCUT2D eigenvalue weighted by molar-refractivity contribution is 8.27. The minimum atomic E-state index is -1.21. The number of nitrogens with zero attached hydrogens (tertiary/aromatic N) is 1. The quantitative estimate of drug-likeness (QED) is 0.539. The third-order valence-electron chi connectivity index (χ3n) is 5.66. The molecule has 1 nitrogen and oxygen atoms in total. The molecule has 1 aliphatic rings. The molecular weight excluding hydrogens is 310 g/mol. The smallest absolute Gasteiger partial charge is 0.0364 e. The van der Waals surface area contributed by atoms with Crippen LogP contribution in [0.4, 0.5) is 5.69 Å². The largest absolute Gasteiger partial charge is 0.378 e. The normalized spacial score (nSPS) is 18.7. The van der Waals surface area contributed by atoms with Crippen LogP contribution < -0.4 is 4.90 Å². The number of hydrogen-bond donors (Lipinski definition) is 0. The van der Waals surface area contributed by atoms with Gasteiger partial charge in [-0.1, -0.05) is 51.3 Å². The molecule has 1 aliphatic heterocycles. The minimum Gasteiger partial charge on any atom is -0.378 e. The summed E-state index contributed by atoms with van der Waals surface area (Å²) in [5, 5.41) is 0. The molecule has 0 spiro atoms. The average molecular weight is 348 g/mol. The Labute approximate surface area is 150 Å². The molecule has 0 bridgehead atoms. The number of unbranched alkanes of at least 4 members (excludes halogenated alkanes) is 2. The number of anilines is 1. The van der Waals surface area contributed by atoms with Gasteiger partial charge in [-0.3, -0.25) is 0 Å². The molecule has 0 atom stereocenters. The van der Waals surface area contributed by atoms with Gasteiger partial charge >= 0.3 is 0 Å². The van der Waals surface area contributed by atoms with E-state index in [1.807, 2.05) is 0 Å². The van der Waals surface area contributed by atoms with E-state index >= 15 is 0 Å². The van der Waals surface area contributed by atoms with Crippen molar-refractivity contribution in [1.82, 2.24) is 0 Å². The molecule has 136 valence electrons. The minimum absolute atomic E-state index is 0.460. The third-order valence-corrected chi connectivity index (χ3v) is 8.15. The van der Waals surface area contributed by atoms with E-state index in [-0.39, 0.29) is 0 Å². The van der Waals surface area contributed by atoms with Gasteiger partial charge < -0.3 is 4.90 Å². The third kappa shape index (κ3) is 4.39. The Morgan fingerprint density at radius 2 is 1.71 bits per heavy atom. The predicted octanol–water partition coefficient (Wildman–Crippen LogP) is 6.09. The molecule has 0 aromatic heterocycles. The first-order valence-electron chi connectivity index (χ1n) is 9.61. The Kier molecular flexibility index (Phi) is 6.47. The number of rotatable bonds is 7. The van der Waals surface area contributed by atoms with Crippen molar-refractivity contribution >= 4 is 26.6 Å². The maximum absolute atomic E-state index is 4.68. The lowest BCUT2D eigenvalue weighted by Crippen LogP contribution is -2.25. The lowest BCUT2D eigenvalue weighted by molar-refractivity contribution is 0.244. The second-order valence-corrected chi connectivity index (χ2v) is 10.9. The number of aryl methyl sites for hydroxylation is 1. The van der Waals surface area contributed by atoms with Crippen molar-refractivity contribution in [2.24, 2.45) is 5.41 Å². The standard InChI is InChI=1S/C22H37NS/c1-7-9-14-22(15-10-8-2)16-13-19-17-20(23(3)4)11-12-21(19)24(5,6)18-22/h11-12,17H,5-10,13-16,18H2,1-4H3. The van der Waals surface area contributed by atoms with Crippen LogP contribution >= 0.6 is 9.21 Å². The Morgan fingerprint density at radius 3 is 2.25 bits per heavy atom. The molecule has 1 aromatic carbocycles. The first kappa shape index (κ1) is 19.4. The van der Waals surface area contributed by atoms with Crippen LogP contribution in [-0.4, -0.2) is 31.6 Å². The van der Waals surface area contributed by atoms with Crippen LogP contribution in [0.25, 0.3) is 0 Å². The van der Waals surface area contributed by atoms with Gasteiger partial charge in [0.25, 0.3) is 0 Å². The molecule has 0 saturated carbocycles. The molecule has 24 heavy (non-hydrogen) atoms. The van der Waals surface area contributed by atoms with E-state index < -0.39 is 9.21 Å². The molecule has 0 saturated heterocycles. The molecule has 0 fully saturated rings. The van der Waals surface area contributed by atoms with Crippen LogP contribution in [0.3, 0.4) is 0 Å². The van der Waals surface area contributed by atoms with E-state index in [1.165, 1.54) is 73.3 Å². The summed E-state index contributed by atoms with van der Waals surface area (Å²) in [5.41, 5.74) is 3.27. The van der Waals surface area contributed by atoms with Gasteiger partial charge in [-0.2, -0.15) is 9.21 Å². The molecular formula is C22H37NS. The highest BCUT2D eigenvalue weighted by Gasteiger charge is 2.33. The second-order valence-electron chi connectivity index (χ2n) is 8.08. The van der Waals surface area contributed by atoms with Crippen LogP contribution in [0, 0.1) is 5.41 Å². The molecule has 2 heteroatoms. The van der Waals surface area contributed by atoms with Crippen molar-refractivity contribution in [2.45, 2.75) is 70.1 Å². The summed E-state index contributed by atoms with van der Waals surface area (Å²) in [6, 6.07) is 6.97. The molecule has 1 heterocycles. The van der Waals surface area contributed by atoms with Gasteiger partial charge in [0.2, 0.25) is 0 Å². The zero-order valence-corrected chi connectivity index (χ0v) is 17.2. The zero-order valence-electron chi connectivity index (χ0n) is 16.4. The summed E-state index contributed by atoms with van der Waals surface area (Å²) in [4.78, 5) is 3.67. The van der Waals surface area contributed by atoms with Gasteiger partial charge in [0.05, 0.1) is 0 Å². The lowest BCUT2D eigenvalue weighted by atomic mass is 9.75. The second kappa shape index (κ2) is 7.99.